The molecule has 3 rings (SSSR count). The lowest BCUT2D eigenvalue weighted by Gasteiger charge is -2.48. The van der Waals surface area contributed by atoms with Crippen molar-refractivity contribution in [2.45, 2.75) is 76.1 Å². The molecule has 3 atom stereocenters. The summed E-state index contributed by atoms with van der Waals surface area (Å²) < 4.78 is 6.17. The van der Waals surface area contributed by atoms with E-state index >= 15 is 0 Å². The first-order chi connectivity index (χ1) is 8.69. The zero-order valence-corrected chi connectivity index (χ0v) is 12.0. The summed E-state index contributed by atoms with van der Waals surface area (Å²) in [5.74, 6) is 0. The van der Waals surface area contributed by atoms with Crippen molar-refractivity contribution in [2.24, 2.45) is 0 Å². The zero-order valence-electron chi connectivity index (χ0n) is 12.0. The molecule has 3 nitrogen and oxygen atoms in total. The lowest BCUT2D eigenvalue weighted by molar-refractivity contribution is -0.109. The first-order valence-corrected chi connectivity index (χ1v) is 7.82. The number of nitrogens with zero attached hydrogens (tertiary/aromatic N) is 1. The van der Waals surface area contributed by atoms with Gasteiger partial charge in [0.1, 0.15) is 0 Å². The van der Waals surface area contributed by atoms with E-state index in [1.54, 1.807) is 0 Å². The number of hydrogen-bond donors (Lipinski definition) is 1. The van der Waals surface area contributed by atoms with Crippen molar-refractivity contribution >= 4 is 0 Å². The van der Waals surface area contributed by atoms with E-state index in [1.807, 2.05) is 0 Å². The van der Waals surface area contributed by atoms with Gasteiger partial charge in [-0.15, -0.1) is 0 Å². The van der Waals surface area contributed by atoms with Crippen molar-refractivity contribution in [3.05, 3.63) is 0 Å². The molecule has 3 heteroatoms. The number of piperazine rings is 1. The van der Waals surface area contributed by atoms with Crippen LogP contribution in [0.2, 0.25) is 0 Å². The van der Waals surface area contributed by atoms with Gasteiger partial charge in [0.25, 0.3) is 0 Å². The Morgan fingerprint density at radius 1 is 1.22 bits per heavy atom. The van der Waals surface area contributed by atoms with Gasteiger partial charge in [0.15, 0.2) is 0 Å². The van der Waals surface area contributed by atoms with Gasteiger partial charge >= 0.3 is 0 Å². The molecule has 1 N–H and O–H groups in total. The van der Waals surface area contributed by atoms with Crippen LogP contribution in [0.4, 0.5) is 0 Å². The molecule has 1 aliphatic carbocycles. The van der Waals surface area contributed by atoms with Crippen LogP contribution >= 0.6 is 0 Å². The molecule has 0 aromatic heterocycles. The molecule has 2 aliphatic heterocycles. The molecule has 3 fully saturated rings. The monoisotopic (exact) mass is 252 g/mol. The third kappa shape index (κ3) is 2.45. The second-order valence-electron chi connectivity index (χ2n) is 6.74. The first-order valence-electron chi connectivity index (χ1n) is 7.82. The largest absolute Gasteiger partial charge is 0.375 e. The van der Waals surface area contributed by atoms with Gasteiger partial charge in [-0.1, -0.05) is 12.8 Å². The van der Waals surface area contributed by atoms with Crippen LogP contribution in [0.25, 0.3) is 0 Å². The van der Waals surface area contributed by atoms with E-state index in [-0.39, 0.29) is 5.60 Å². The van der Waals surface area contributed by atoms with E-state index in [9.17, 15) is 0 Å². The van der Waals surface area contributed by atoms with E-state index in [0.717, 1.165) is 19.2 Å². The van der Waals surface area contributed by atoms with Crippen molar-refractivity contribution in [3.63, 3.8) is 0 Å². The SMILES string of the molecule is CC1CN(C2CCOC3(CCCC3)C2)C(C)CN1. The van der Waals surface area contributed by atoms with Crippen LogP contribution < -0.4 is 5.32 Å². The quantitative estimate of drug-likeness (QED) is 0.774. The molecule has 2 heterocycles. The average molecular weight is 252 g/mol. The normalized spacial score (nSPS) is 41.3. The smallest absolute Gasteiger partial charge is 0.0697 e. The molecule has 3 unspecified atom stereocenters. The van der Waals surface area contributed by atoms with Gasteiger partial charge in [0.05, 0.1) is 5.60 Å². The molecule has 2 saturated heterocycles. The van der Waals surface area contributed by atoms with Gasteiger partial charge in [-0.05, 0) is 39.5 Å². The fourth-order valence-electron chi connectivity index (χ4n) is 4.21. The second-order valence-corrected chi connectivity index (χ2v) is 6.74. The molecular weight excluding hydrogens is 224 g/mol. The number of nitrogens with one attached hydrogen (secondary N) is 1. The minimum Gasteiger partial charge on any atom is -0.375 e. The minimum atomic E-state index is 0.261. The summed E-state index contributed by atoms with van der Waals surface area (Å²) in [6, 6.07) is 2.09. The van der Waals surface area contributed by atoms with E-state index in [2.05, 4.69) is 24.1 Å². The molecular formula is C15H28N2O. The number of hydrogen-bond acceptors (Lipinski definition) is 3. The Balaban J connectivity index is 1.67. The molecule has 18 heavy (non-hydrogen) atoms. The summed E-state index contributed by atoms with van der Waals surface area (Å²) in [5.41, 5.74) is 0.261. The maximum Gasteiger partial charge on any atom is 0.0697 e. The van der Waals surface area contributed by atoms with Crippen LogP contribution in [-0.4, -0.2) is 48.3 Å². The van der Waals surface area contributed by atoms with Crippen LogP contribution in [-0.2, 0) is 4.74 Å². The van der Waals surface area contributed by atoms with Gasteiger partial charge in [-0.25, -0.2) is 0 Å². The van der Waals surface area contributed by atoms with Crippen molar-refractivity contribution in [3.8, 4) is 0 Å². The minimum absolute atomic E-state index is 0.261. The molecule has 0 aromatic carbocycles. The Kier molecular flexibility index (Phi) is 3.65. The highest BCUT2D eigenvalue weighted by molar-refractivity contribution is 4.96. The maximum atomic E-state index is 6.17. The Labute approximate surface area is 111 Å². The average Bonchev–Trinajstić information content (AvgIpc) is 2.80. The van der Waals surface area contributed by atoms with Gasteiger partial charge in [-0.3, -0.25) is 4.90 Å². The summed E-state index contributed by atoms with van der Waals surface area (Å²) in [5, 5.41) is 3.59. The molecule has 0 amide bonds. The molecule has 3 aliphatic rings. The maximum absolute atomic E-state index is 6.17. The van der Waals surface area contributed by atoms with Crippen LogP contribution in [0.3, 0.4) is 0 Å². The van der Waals surface area contributed by atoms with Crippen molar-refractivity contribution in [2.75, 3.05) is 19.7 Å². The second kappa shape index (κ2) is 5.10. The Bertz CT molecular complexity index is 288. The number of ether oxygens (including phenoxy) is 1. The van der Waals surface area contributed by atoms with Gasteiger partial charge in [0, 0.05) is 37.8 Å². The summed E-state index contributed by atoms with van der Waals surface area (Å²) in [6.45, 7) is 8.02. The van der Waals surface area contributed by atoms with Crippen LogP contribution in [0, 0.1) is 0 Å². The molecule has 0 aromatic rings. The molecule has 0 bridgehead atoms. The van der Waals surface area contributed by atoms with Gasteiger partial charge in [0.2, 0.25) is 0 Å². The number of rotatable bonds is 1. The lowest BCUT2D eigenvalue weighted by atomic mass is 9.87. The van der Waals surface area contributed by atoms with Crippen LogP contribution in [0.15, 0.2) is 0 Å². The molecule has 0 radical (unpaired) electrons. The third-order valence-electron chi connectivity index (χ3n) is 5.26. The predicted molar refractivity (Wildman–Crippen MR) is 73.8 cm³/mol. The highest BCUT2D eigenvalue weighted by atomic mass is 16.5. The van der Waals surface area contributed by atoms with E-state index in [4.69, 9.17) is 4.74 Å². The molecule has 104 valence electrons. The molecule has 1 spiro atoms. The highest BCUT2D eigenvalue weighted by Crippen LogP contribution is 2.41. The van der Waals surface area contributed by atoms with Crippen LogP contribution in [0.5, 0.6) is 0 Å². The van der Waals surface area contributed by atoms with Crippen LogP contribution in [0.1, 0.15) is 52.4 Å². The first kappa shape index (κ1) is 12.9. The predicted octanol–water partition coefficient (Wildman–Crippen LogP) is 2.16. The van der Waals surface area contributed by atoms with Crippen molar-refractivity contribution in [1.82, 2.24) is 10.2 Å². The van der Waals surface area contributed by atoms with Crippen molar-refractivity contribution in [1.29, 1.82) is 0 Å². The standard InChI is InChI=1S/C15H28N2O/c1-12-11-17(13(2)10-16-12)14-5-8-18-15(9-14)6-3-4-7-15/h12-14,16H,3-11H2,1-2H3. The fourth-order valence-corrected chi connectivity index (χ4v) is 4.21. The summed E-state index contributed by atoms with van der Waals surface area (Å²) >= 11 is 0. The van der Waals surface area contributed by atoms with Gasteiger partial charge in [-0.2, -0.15) is 0 Å². The zero-order chi connectivity index (χ0) is 12.6. The lowest BCUT2D eigenvalue weighted by Crippen LogP contribution is -2.60. The van der Waals surface area contributed by atoms with Gasteiger partial charge < -0.3 is 10.1 Å². The highest BCUT2D eigenvalue weighted by Gasteiger charge is 2.42. The Morgan fingerprint density at radius 3 is 2.78 bits per heavy atom. The Hall–Kier alpha value is -0.120. The van der Waals surface area contributed by atoms with Crippen molar-refractivity contribution < 1.29 is 4.74 Å². The molecule has 1 saturated carbocycles. The van der Waals surface area contributed by atoms with E-state index in [1.165, 1.54) is 45.1 Å². The fraction of sp³-hybridized carbons (Fsp3) is 1.00. The summed E-state index contributed by atoms with van der Waals surface area (Å²) in [6.07, 6.45) is 7.88. The Morgan fingerprint density at radius 2 is 2.00 bits per heavy atom. The van der Waals surface area contributed by atoms with E-state index < -0.39 is 0 Å². The summed E-state index contributed by atoms with van der Waals surface area (Å²) in [7, 11) is 0. The summed E-state index contributed by atoms with van der Waals surface area (Å²) in [4.78, 5) is 2.75. The third-order valence-corrected chi connectivity index (χ3v) is 5.26. The van der Waals surface area contributed by atoms with E-state index in [0.29, 0.717) is 12.1 Å². The topological polar surface area (TPSA) is 24.5 Å².